The summed E-state index contributed by atoms with van der Waals surface area (Å²) in [5, 5.41) is 8.77. The Morgan fingerprint density at radius 1 is 1.64 bits per heavy atom. The molecular weight excluding hydrogens is 154 g/mol. The highest BCUT2D eigenvalue weighted by atomic mass is 19.3. The molecule has 0 saturated heterocycles. The van der Waals surface area contributed by atoms with Gasteiger partial charge in [-0.3, -0.25) is 4.79 Å². The number of hydrogen-bond donors (Lipinski definition) is 1. The molecule has 1 saturated carbocycles. The van der Waals surface area contributed by atoms with Crippen molar-refractivity contribution in [2.45, 2.75) is 31.8 Å². The second kappa shape index (κ2) is 2.52. The molecule has 0 bridgehead atoms. The fraction of sp³-hybridized carbons (Fsp3) is 0.857. The molecule has 1 fully saturated rings. The SMILES string of the molecule is CC(=O)C(O)C(F)(F)C1CC1. The summed E-state index contributed by atoms with van der Waals surface area (Å²) >= 11 is 0. The highest BCUT2D eigenvalue weighted by Gasteiger charge is 2.53. The summed E-state index contributed by atoms with van der Waals surface area (Å²) in [6.07, 6.45) is -1.27. The summed E-state index contributed by atoms with van der Waals surface area (Å²) in [5.74, 6) is -4.84. The number of aliphatic hydroxyl groups excluding tert-OH is 1. The average Bonchev–Trinajstić information content (AvgIpc) is 2.66. The number of hydrogen-bond acceptors (Lipinski definition) is 2. The molecule has 1 aliphatic rings. The fourth-order valence-corrected chi connectivity index (χ4v) is 0.962. The Balaban J connectivity index is 2.61. The predicted octanol–water partition coefficient (Wildman–Crippen LogP) is 0.982. The number of ketones is 1. The van der Waals surface area contributed by atoms with Crippen LogP contribution in [0.2, 0.25) is 0 Å². The minimum Gasteiger partial charge on any atom is -0.379 e. The fourth-order valence-electron chi connectivity index (χ4n) is 0.962. The first-order chi connectivity index (χ1) is 4.96. The highest BCUT2D eigenvalue weighted by Crippen LogP contribution is 2.45. The zero-order chi connectivity index (χ0) is 8.65. The third-order valence-electron chi connectivity index (χ3n) is 1.87. The van der Waals surface area contributed by atoms with E-state index in [9.17, 15) is 13.6 Å². The van der Waals surface area contributed by atoms with E-state index in [1.165, 1.54) is 0 Å². The monoisotopic (exact) mass is 164 g/mol. The lowest BCUT2D eigenvalue weighted by molar-refractivity contribution is -0.155. The van der Waals surface area contributed by atoms with Gasteiger partial charge in [-0.15, -0.1) is 0 Å². The average molecular weight is 164 g/mol. The molecule has 0 aromatic carbocycles. The number of aliphatic hydroxyl groups is 1. The second-order valence-corrected chi connectivity index (χ2v) is 2.96. The van der Waals surface area contributed by atoms with Gasteiger partial charge in [0.2, 0.25) is 0 Å². The molecule has 64 valence electrons. The van der Waals surface area contributed by atoms with E-state index in [1.807, 2.05) is 0 Å². The van der Waals surface area contributed by atoms with Crippen LogP contribution in [0.15, 0.2) is 0 Å². The summed E-state index contributed by atoms with van der Waals surface area (Å²) in [4.78, 5) is 10.4. The molecule has 0 aromatic rings. The summed E-state index contributed by atoms with van der Waals surface area (Å²) in [6, 6.07) is 0. The van der Waals surface area contributed by atoms with Gasteiger partial charge in [0.05, 0.1) is 0 Å². The van der Waals surface area contributed by atoms with Gasteiger partial charge in [0.25, 0.3) is 5.92 Å². The van der Waals surface area contributed by atoms with Crippen LogP contribution in [-0.2, 0) is 4.79 Å². The maximum atomic E-state index is 12.8. The van der Waals surface area contributed by atoms with E-state index < -0.39 is 23.7 Å². The van der Waals surface area contributed by atoms with Crippen molar-refractivity contribution in [2.24, 2.45) is 5.92 Å². The second-order valence-electron chi connectivity index (χ2n) is 2.96. The van der Waals surface area contributed by atoms with Crippen molar-refractivity contribution in [2.75, 3.05) is 0 Å². The number of carbonyl (C=O) groups is 1. The van der Waals surface area contributed by atoms with Crippen LogP contribution in [0.1, 0.15) is 19.8 Å². The zero-order valence-electron chi connectivity index (χ0n) is 6.18. The molecule has 1 atom stereocenters. The van der Waals surface area contributed by atoms with Crippen LogP contribution in [0.25, 0.3) is 0 Å². The Labute approximate surface area is 63.2 Å². The van der Waals surface area contributed by atoms with Gasteiger partial charge < -0.3 is 5.11 Å². The lowest BCUT2D eigenvalue weighted by atomic mass is 10.1. The Hall–Kier alpha value is -0.510. The molecule has 11 heavy (non-hydrogen) atoms. The molecule has 1 rings (SSSR count). The Morgan fingerprint density at radius 3 is 2.36 bits per heavy atom. The zero-order valence-corrected chi connectivity index (χ0v) is 6.18. The molecule has 1 N–H and O–H groups in total. The molecule has 0 aromatic heterocycles. The van der Waals surface area contributed by atoms with Gasteiger partial charge in [-0.05, 0) is 19.8 Å². The largest absolute Gasteiger partial charge is 0.379 e. The molecule has 0 radical (unpaired) electrons. The summed E-state index contributed by atoms with van der Waals surface area (Å²) in [5.41, 5.74) is 0. The van der Waals surface area contributed by atoms with Crippen molar-refractivity contribution >= 4 is 5.78 Å². The number of alkyl halides is 2. The van der Waals surface area contributed by atoms with Gasteiger partial charge in [0.1, 0.15) is 0 Å². The minimum absolute atomic E-state index is 0.414. The molecule has 0 aliphatic heterocycles. The van der Waals surface area contributed by atoms with Crippen molar-refractivity contribution in [1.82, 2.24) is 0 Å². The maximum Gasteiger partial charge on any atom is 0.283 e. The Morgan fingerprint density at radius 2 is 2.09 bits per heavy atom. The van der Waals surface area contributed by atoms with Crippen LogP contribution >= 0.6 is 0 Å². The minimum atomic E-state index is -3.20. The van der Waals surface area contributed by atoms with Gasteiger partial charge in [-0.2, -0.15) is 0 Å². The molecular formula is C7H10F2O2. The van der Waals surface area contributed by atoms with Crippen LogP contribution in [0.5, 0.6) is 0 Å². The quantitative estimate of drug-likeness (QED) is 0.675. The molecule has 0 amide bonds. The summed E-state index contributed by atoms with van der Waals surface area (Å²) < 4.78 is 25.6. The number of Topliss-reactive ketones (excluding diaryl/α,β-unsaturated/α-hetero) is 1. The standard InChI is InChI=1S/C7H10F2O2/c1-4(10)6(11)7(8,9)5-2-3-5/h5-6,11H,2-3H2,1H3. The number of halogens is 2. The third-order valence-corrected chi connectivity index (χ3v) is 1.87. The smallest absolute Gasteiger partial charge is 0.283 e. The molecule has 1 unspecified atom stereocenters. The Kier molecular flexibility index (Phi) is 1.96. The van der Waals surface area contributed by atoms with Gasteiger partial charge in [0.15, 0.2) is 11.9 Å². The normalized spacial score (nSPS) is 21.5. The third kappa shape index (κ3) is 1.56. The maximum absolute atomic E-state index is 12.8. The van der Waals surface area contributed by atoms with Crippen LogP contribution < -0.4 is 0 Å². The van der Waals surface area contributed by atoms with Crippen LogP contribution in [0.3, 0.4) is 0 Å². The first-order valence-electron chi connectivity index (χ1n) is 3.52. The van der Waals surface area contributed by atoms with E-state index in [0.29, 0.717) is 12.8 Å². The van der Waals surface area contributed by atoms with E-state index in [0.717, 1.165) is 6.92 Å². The lowest BCUT2D eigenvalue weighted by Gasteiger charge is -2.19. The van der Waals surface area contributed by atoms with Crippen LogP contribution in [0.4, 0.5) is 8.78 Å². The van der Waals surface area contributed by atoms with Crippen LogP contribution in [0, 0.1) is 5.92 Å². The summed E-state index contributed by atoms with van der Waals surface area (Å²) in [6.45, 7) is 0.973. The molecule has 1 aliphatic carbocycles. The molecule has 0 spiro atoms. The van der Waals surface area contributed by atoms with E-state index in [1.54, 1.807) is 0 Å². The van der Waals surface area contributed by atoms with E-state index >= 15 is 0 Å². The molecule has 2 nitrogen and oxygen atoms in total. The molecule has 4 heteroatoms. The van der Waals surface area contributed by atoms with Crippen molar-refractivity contribution < 1.29 is 18.7 Å². The van der Waals surface area contributed by atoms with E-state index in [2.05, 4.69) is 0 Å². The highest BCUT2D eigenvalue weighted by molar-refractivity contribution is 5.81. The van der Waals surface area contributed by atoms with Crippen molar-refractivity contribution in [3.05, 3.63) is 0 Å². The van der Waals surface area contributed by atoms with Gasteiger partial charge >= 0.3 is 0 Å². The number of carbonyl (C=O) groups excluding carboxylic acids is 1. The van der Waals surface area contributed by atoms with Crippen LogP contribution in [-0.4, -0.2) is 22.9 Å². The van der Waals surface area contributed by atoms with Gasteiger partial charge in [-0.25, -0.2) is 8.78 Å². The van der Waals surface area contributed by atoms with Crippen molar-refractivity contribution in [1.29, 1.82) is 0 Å². The van der Waals surface area contributed by atoms with Crippen molar-refractivity contribution in [3.63, 3.8) is 0 Å². The summed E-state index contributed by atoms with van der Waals surface area (Å²) in [7, 11) is 0. The van der Waals surface area contributed by atoms with Crippen molar-refractivity contribution in [3.8, 4) is 0 Å². The lowest BCUT2D eigenvalue weighted by Crippen LogP contribution is -2.40. The van der Waals surface area contributed by atoms with E-state index in [-0.39, 0.29) is 0 Å². The molecule has 0 heterocycles. The number of rotatable bonds is 3. The first-order valence-corrected chi connectivity index (χ1v) is 3.52. The first kappa shape index (κ1) is 8.59. The van der Waals surface area contributed by atoms with E-state index in [4.69, 9.17) is 5.11 Å². The predicted molar refractivity (Wildman–Crippen MR) is 34.4 cm³/mol. The van der Waals surface area contributed by atoms with Gasteiger partial charge in [-0.1, -0.05) is 0 Å². The topological polar surface area (TPSA) is 37.3 Å². The Bertz CT molecular complexity index is 175. The van der Waals surface area contributed by atoms with Gasteiger partial charge in [0, 0.05) is 5.92 Å².